The van der Waals surface area contributed by atoms with Gasteiger partial charge in [-0.05, 0) is 26.9 Å². The van der Waals surface area contributed by atoms with Crippen LogP contribution in [0.3, 0.4) is 0 Å². The Morgan fingerprint density at radius 3 is 2.93 bits per heavy atom. The average Bonchev–Trinajstić information content (AvgIpc) is 2.12. The van der Waals surface area contributed by atoms with Crippen LogP contribution in [-0.2, 0) is 14.3 Å². The highest BCUT2D eigenvalue weighted by molar-refractivity contribution is 5.88. The lowest BCUT2D eigenvalue weighted by Crippen LogP contribution is -2.44. The van der Waals surface area contributed by atoms with E-state index in [4.69, 9.17) is 4.74 Å². The molecule has 0 saturated carbocycles. The Balaban J connectivity index is 2.47. The number of ether oxygens (including phenoxy) is 1. The Bertz CT molecular complexity index is 227. The molecule has 4 heteroatoms. The molecule has 1 fully saturated rings. The summed E-state index contributed by atoms with van der Waals surface area (Å²) in [5.74, 6) is -0.119. The molecule has 0 N–H and O–H groups in total. The van der Waals surface area contributed by atoms with Crippen molar-refractivity contribution in [2.24, 2.45) is 0 Å². The quantitative estimate of drug-likeness (QED) is 0.624. The SMILES string of the molecule is CCOC(=O)CC1C(=O)CCCN1C. The van der Waals surface area contributed by atoms with Crippen LogP contribution in [0.25, 0.3) is 0 Å². The van der Waals surface area contributed by atoms with Gasteiger partial charge in [0.05, 0.1) is 19.1 Å². The first kappa shape index (κ1) is 11.2. The fourth-order valence-corrected chi connectivity index (χ4v) is 1.72. The highest BCUT2D eigenvalue weighted by Crippen LogP contribution is 2.14. The summed E-state index contributed by atoms with van der Waals surface area (Å²) in [6.07, 6.45) is 1.69. The third-order valence-corrected chi connectivity index (χ3v) is 2.50. The van der Waals surface area contributed by atoms with Gasteiger partial charge < -0.3 is 4.74 Å². The number of likely N-dealkylation sites (tertiary alicyclic amines) is 1. The molecular formula is C10H17NO3. The second-order valence-electron chi connectivity index (χ2n) is 3.58. The van der Waals surface area contributed by atoms with Crippen LogP contribution in [0.2, 0.25) is 0 Å². The van der Waals surface area contributed by atoms with Crippen LogP contribution in [0.5, 0.6) is 0 Å². The summed E-state index contributed by atoms with van der Waals surface area (Å²) < 4.78 is 4.82. The van der Waals surface area contributed by atoms with E-state index < -0.39 is 0 Å². The van der Waals surface area contributed by atoms with Crippen molar-refractivity contribution >= 4 is 11.8 Å². The van der Waals surface area contributed by atoms with Gasteiger partial charge in [-0.15, -0.1) is 0 Å². The maximum Gasteiger partial charge on any atom is 0.307 e. The molecule has 1 atom stereocenters. The molecule has 0 amide bonds. The molecule has 1 heterocycles. The van der Waals surface area contributed by atoms with E-state index in [-0.39, 0.29) is 24.2 Å². The fourth-order valence-electron chi connectivity index (χ4n) is 1.72. The molecular weight excluding hydrogens is 182 g/mol. The number of esters is 1. The Kier molecular flexibility index (Phi) is 4.07. The van der Waals surface area contributed by atoms with Crippen LogP contribution in [0.1, 0.15) is 26.2 Å². The van der Waals surface area contributed by atoms with Gasteiger partial charge >= 0.3 is 5.97 Å². The van der Waals surface area contributed by atoms with Crippen molar-refractivity contribution in [1.82, 2.24) is 4.90 Å². The Morgan fingerprint density at radius 1 is 1.64 bits per heavy atom. The van der Waals surface area contributed by atoms with Crippen molar-refractivity contribution < 1.29 is 14.3 Å². The maximum atomic E-state index is 11.5. The van der Waals surface area contributed by atoms with Gasteiger partial charge in [0, 0.05) is 6.42 Å². The topological polar surface area (TPSA) is 46.6 Å². The molecule has 4 nitrogen and oxygen atoms in total. The van der Waals surface area contributed by atoms with E-state index in [0.717, 1.165) is 13.0 Å². The van der Waals surface area contributed by atoms with E-state index in [1.807, 2.05) is 11.9 Å². The van der Waals surface area contributed by atoms with E-state index in [2.05, 4.69) is 0 Å². The highest BCUT2D eigenvalue weighted by Gasteiger charge is 2.29. The molecule has 1 rings (SSSR count). The maximum absolute atomic E-state index is 11.5. The van der Waals surface area contributed by atoms with Gasteiger partial charge in [0.25, 0.3) is 0 Å². The second kappa shape index (κ2) is 5.10. The lowest BCUT2D eigenvalue weighted by molar-refractivity contribution is -0.147. The second-order valence-corrected chi connectivity index (χ2v) is 3.58. The van der Waals surface area contributed by atoms with E-state index >= 15 is 0 Å². The summed E-state index contributed by atoms with van der Waals surface area (Å²) in [7, 11) is 1.88. The van der Waals surface area contributed by atoms with Gasteiger partial charge in [-0.25, -0.2) is 0 Å². The summed E-state index contributed by atoms with van der Waals surface area (Å²) >= 11 is 0. The largest absolute Gasteiger partial charge is 0.466 e. The van der Waals surface area contributed by atoms with Crippen LogP contribution >= 0.6 is 0 Å². The first-order valence-electron chi connectivity index (χ1n) is 5.03. The molecule has 1 saturated heterocycles. The number of hydrogen-bond donors (Lipinski definition) is 0. The molecule has 0 bridgehead atoms. The van der Waals surface area contributed by atoms with Crippen LogP contribution in [-0.4, -0.2) is 42.9 Å². The Hall–Kier alpha value is -0.900. The number of piperidine rings is 1. The van der Waals surface area contributed by atoms with Gasteiger partial charge in [0.2, 0.25) is 0 Å². The van der Waals surface area contributed by atoms with Gasteiger partial charge in [-0.1, -0.05) is 0 Å². The van der Waals surface area contributed by atoms with Crippen LogP contribution in [0.15, 0.2) is 0 Å². The molecule has 0 spiro atoms. The van der Waals surface area contributed by atoms with Crippen molar-refractivity contribution in [3.05, 3.63) is 0 Å². The predicted octanol–water partition coefficient (Wildman–Crippen LogP) is 0.603. The Labute approximate surface area is 84.2 Å². The third kappa shape index (κ3) is 2.80. The number of carbonyl (C=O) groups is 2. The van der Waals surface area contributed by atoms with E-state index in [9.17, 15) is 9.59 Å². The minimum Gasteiger partial charge on any atom is -0.466 e. The smallest absolute Gasteiger partial charge is 0.307 e. The first-order valence-corrected chi connectivity index (χ1v) is 5.03. The highest BCUT2D eigenvalue weighted by atomic mass is 16.5. The van der Waals surface area contributed by atoms with Crippen molar-refractivity contribution in [3.63, 3.8) is 0 Å². The monoisotopic (exact) mass is 199 g/mol. The van der Waals surface area contributed by atoms with Crippen LogP contribution < -0.4 is 0 Å². The minimum absolute atomic E-state index is 0.159. The molecule has 0 aliphatic carbocycles. The number of ketones is 1. The molecule has 0 radical (unpaired) electrons. The number of nitrogens with zero attached hydrogens (tertiary/aromatic N) is 1. The standard InChI is InChI=1S/C10H17NO3/c1-3-14-10(13)7-8-9(12)5-4-6-11(8)2/h8H,3-7H2,1-2H3. The van der Waals surface area contributed by atoms with E-state index in [1.54, 1.807) is 6.92 Å². The third-order valence-electron chi connectivity index (χ3n) is 2.50. The molecule has 0 aromatic rings. The van der Waals surface area contributed by atoms with Crippen molar-refractivity contribution in [1.29, 1.82) is 0 Å². The molecule has 1 aliphatic heterocycles. The summed E-state index contributed by atoms with van der Waals surface area (Å²) in [6, 6.07) is -0.261. The predicted molar refractivity (Wildman–Crippen MR) is 51.9 cm³/mol. The lowest BCUT2D eigenvalue weighted by Gasteiger charge is -2.30. The number of carbonyl (C=O) groups excluding carboxylic acids is 2. The molecule has 0 aromatic carbocycles. The zero-order valence-corrected chi connectivity index (χ0v) is 8.78. The zero-order valence-electron chi connectivity index (χ0n) is 8.78. The van der Waals surface area contributed by atoms with Crippen molar-refractivity contribution in [3.8, 4) is 0 Å². The van der Waals surface area contributed by atoms with E-state index in [0.29, 0.717) is 13.0 Å². The molecule has 14 heavy (non-hydrogen) atoms. The summed E-state index contributed by atoms with van der Waals surface area (Å²) in [4.78, 5) is 24.6. The minimum atomic E-state index is -0.278. The normalized spacial score (nSPS) is 23.6. The summed E-state index contributed by atoms with van der Waals surface area (Å²) in [6.45, 7) is 3.03. The van der Waals surface area contributed by atoms with Gasteiger partial charge in [-0.2, -0.15) is 0 Å². The number of Topliss-reactive ketones (excluding diaryl/α,β-unsaturated/α-hetero) is 1. The molecule has 0 aromatic heterocycles. The molecule has 1 aliphatic rings. The van der Waals surface area contributed by atoms with Gasteiger partial charge in [0.15, 0.2) is 5.78 Å². The lowest BCUT2D eigenvalue weighted by atomic mass is 9.99. The Morgan fingerprint density at radius 2 is 2.36 bits per heavy atom. The fraction of sp³-hybridized carbons (Fsp3) is 0.800. The summed E-state index contributed by atoms with van der Waals surface area (Å²) in [5.41, 5.74) is 0. The van der Waals surface area contributed by atoms with Gasteiger partial charge in [0.1, 0.15) is 0 Å². The van der Waals surface area contributed by atoms with Crippen molar-refractivity contribution in [2.45, 2.75) is 32.2 Å². The number of rotatable bonds is 3. The molecule has 1 unspecified atom stereocenters. The number of hydrogen-bond acceptors (Lipinski definition) is 4. The number of likely N-dealkylation sites (N-methyl/N-ethyl adjacent to an activating group) is 1. The first-order chi connectivity index (χ1) is 6.65. The van der Waals surface area contributed by atoms with Gasteiger partial charge in [-0.3, -0.25) is 14.5 Å². The summed E-state index contributed by atoms with van der Waals surface area (Å²) in [5, 5.41) is 0. The van der Waals surface area contributed by atoms with Crippen molar-refractivity contribution in [2.75, 3.05) is 20.2 Å². The van der Waals surface area contributed by atoms with Crippen LogP contribution in [0, 0.1) is 0 Å². The van der Waals surface area contributed by atoms with Crippen LogP contribution in [0.4, 0.5) is 0 Å². The van der Waals surface area contributed by atoms with E-state index in [1.165, 1.54) is 0 Å². The molecule has 80 valence electrons. The average molecular weight is 199 g/mol. The zero-order chi connectivity index (χ0) is 10.6.